The van der Waals surface area contributed by atoms with E-state index in [-0.39, 0.29) is 13.3 Å². The SMILES string of the molecule is Cc1ccc(OCCCF)c(C#CCO)c1. The highest BCUT2D eigenvalue weighted by molar-refractivity contribution is 5.48. The largest absolute Gasteiger partial charge is 0.492 e. The van der Waals surface area contributed by atoms with E-state index in [1.54, 1.807) is 0 Å². The zero-order chi connectivity index (χ0) is 11.8. The summed E-state index contributed by atoms with van der Waals surface area (Å²) in [5, 5.41) is 8.64. The number of hydrogen-bond acceptors (Lipinski definition) is 2. The van der Waals surface area contributed by atoms with E-state index in [2.05, 4.69) is 11.8 Å². The molecule has 0 bridgehead atoms. The highest BCUT2D eigenvalue weighted by Crippen LogP contribution is 2.19. The van der Waals surface area contributed by atoms with Gasteiger partial charge >= 0.3 is 0 Å². The number of alkyl halides is 1. The summed E-state index contributed by atoms with van der Waals surface area (Å²) in [6.07, 6.45) is 0.376. The van der Waals surface area contributed by atoms with Gasteiger partial charge in [-0.2, -0.15) is 0 Å². The maximum absolute atomic E-state index is 11.9. The van der Waals surface area contributed by atoms with Crippen LogP contribution in [0.25, 0.3) is 0 Å². The first kappa shape index (κ1) is 12.5. The van der Waals surface area contributed by atoms with E-state index in [0.29, 0.717) is 18.8 Å². The molecule has 2 nitrogen and oxygen atoms in total. The Hall–Kier alpha value is -1.53. The molecule has 0 aliphatic rings. The molecule has 0 heterocycles. The highest BCUT2D eigenvalue weighted by Gasteiger charge is 2.01. The monoisotopic (exact) mass is 222 g/mol. The number of halogens is 1. The smallest absolute Gasteiger partial charge is 0.134 e. The summed E-state index contributed by atoms with van der Waals surface area (Å²) in [5.74, 6) is 6.02. The van der Waals surface area contributed by atoms with Crippen molar-refractivity contribution in [2.75, 3.05) is 19.9 Å². The molecule has 0 unspecified atom stereocenters. The fraction of sp³-hybridized carbons (Fsp3) is 0.385. The lowest BCUT2D eigenvalue weighted by atomic mass is 10.1. The van der Waals surface area contributed by atoms with Crippen LogP contribution in [0.4, 0.5) is 4.39 Å². The third-order valence-corrected chi connectivity index (χ3v) is 1.97. The van der Waals surface area contributed by atoms with Gasteiger partial charge in [0.15, 0.2) is 0 Å². The Bertz CT molecular complexity index is 391. The average molecular weight is 222 g/mol. The first-order valence-electron chi connectivity index (χ1n) is 5.17. The van der Waals surface area contributed by atoms with Crippen LogP contribution in [0.3, 0.4) is 0 Å². The average Bonchev–Trinajstić information content (AvgIpc) is 2.29. The van der Waals surface area contributed by atoms with Crippen molar-refractivity contribution in [3.05, 3.63) is 29.3 Å². The standard InChI is InChI=1S/C13H15FO2/c1-11-5-6-13(16-9-3-7-14)12(10-11)4-2-8-15/h5-6,10,15H,3,7-9H2,1H3. The number of hydrogen-bond donors (Lipinski definition) is 1. The van der Waals surface area contributed by atoms with Crippen molar-refractivity contribution in [1.29, 1.82) is 0 Å². The van der Waals surface area contributed by atoms with Gasteiger partial charge in [0.2, 0.25) is 0 Å². The van der Waals surface area contributed by atoms with Crippen LogP contribution in [0.2, 0.25) is 0 Å². The zero-order valence-electron chi connectivity index (χ0n) is 9.29. The predicted molar refractivity (Wildman–Crippen MR) is 61.2 cm³/mol. The summed E-state index contributed by atoms with van der Waals surface area (Å²) in [6, 6.07) is 5.61. The molecule has 0 atom stereocenters. The summed E-state index contributed by atoms with van der Waals surface area (Å²) in [5.41, 5.74) is 1.80. The molecule has 0 saturated carbocycles. The second-order valence-corrected chi connectivity index (χ2v) is 3.35. The molecule has 0 aliphatic heterocycles. The van der Waals surface area contributed by atoms with Gasteiger partial charge in [0.1, 0.15) is 12.4 Å². The van der Waals surface area contributed by atoms with Crippen LogP contribution in [-0.4, -0.2) is 25.0 Å². The van der Waals surface area contributed by atoms with E-state index in [0.717, 1.165) is 11.1 Å². The normalized spacial score (nSPS) is 9.44. The lowest BCUT2D eigenvalue weighted by Crippen LogP contribution is -2.00. The van der Waals surface area contributed by atoms with Crippen LogP contribution in [0.1, 0.15) is 17.5 Å². The van der Waals surface area contributed by atoms with Gasteiger partial charge in [-0.15, -0.1) is 0 Å². The molecule has 0 spiro atoms. The number of ether oxygens (including phenoxy) is 1. The van der Waals surface area contributed by atoms with Crippen molar-refractivity contribution in [2.24, 2.45) is 0 Å². The van der Waals surface area contributed by atoms with Crippen LogP contribution in [0.5, 0.6) is 5.75 Å². The zero-order valence-corrected chi connectivity index (χ0v) is 9.29. The molecule has 3 heteroatoms. The summed E-state index contributed by atoms with van der Waals surface area (Å²) < 4.78 is 17.3. The van der Waals surface area contributed by atoms with Gasteiger partial charge in [-0.05, 0) is 24.6 Å². The molecule has 0 aliphatic carbocycles. The Morgan fingerprint density at radius 3 is 2.94 bits per heavy atom. The van der Waals surface area contributed by atoms with Gasteiger partial charge < -0.3 is 9.84 Å². The molecule has 86 valence electrons. The summed E-state index contributed by atoms with van der Waals surface area (Å²) in [6.45, 7) is 1.73. The van der Waals surface area contributed by atoms with Crippen LogP contribution in [-0.2, 0) is 0 Å². The minimum Gasteiger partial charge on any atom is -0.492 e. The van der Waals surface area contributed by atoms with Crippen LogP contribution in [0.15, 0.2) is 18.2 Å². The fourth-order valence-corrected chi connectivity index (χ4v) is 1.24. The molecule has 0 fully saturated rings. The fourth-order valence-electron chi connectivity index (χ4n) is 1.24. The van der Waals surface area contributed by atoms with E-state index in [4.69, 9.17) is 9.84 Å². The predicted octanol–water partition coefficient (Wildman–Crippen LogP) is 2.08. The molecule has 1 N–H and O–H groups in total. The van der Waals surface area contributed by atoms with Gasteiger partial charge in [0.25, 0.3) is 0 Å². The first-order chi connectivity index (χ1) is 7.77. The lowest BCUT2D eigenvalue weighted by Gasteiger charge is -2.07. The summed E-state index contributed by atoms with van der Waals surface area (Å²) in [7, 11) is 0. The molecule has 0 radical (unpaired) electrons. The van der Waals surface area contributed by atoms with Crippen LogP contribution < -0.4 is 4.74 Å². The Balaban J connectivity index is 2.80. The molecule has 0 amide bonds. The molecule has 0 aromatic heterocycles. The second-order valence-electron chi connectivity index (χ2n) is 3.35. The topological polar surface area (TPSA) is 29.5 Å². The molecule has 0 saturated heterocycles. The van der Waals surface area contributed by atoms with E-state index < -0.39 is 0 Å². The van der Waals surface area contributed by atoms with Crippen molar-refractivity contribution >= 4 is 0 Å². The van der Waals surface area contributed by atoms with Crippen LogP contribution in [0, 0.1) is 18.8 Å². The molecular formula is C13H15FO2. The molecule has 1 rings (SSSR count). The number of rotatable bonds is 4. The molecular weight excluding hydrogens is 207 g/mol. The van der Waals surface area contributed by atoms with Crippen molar-refractivity contribution in [3.8, 4) is 17.6 Å². The number of aliphatic hydroxyl groups excluding tert-OH is 1. The van der Waals surface area contributed by atoms with E-state index >= 15 is 0 Å². The Morgan fingerprint density at radius 2 is 2.25 bits per heavy atom. The van der Waals surface area contributed by atoms with Gasteiger partial charge in [0.05, 0.1) is 18.8 Å². The summed E-state index contributed by atoms with van der Waals surface area (Å²) in [4.78, 5) is 0. The van der Waals surface area contributed by atoms with Crippen LogP contribution >= 0.6 is 0 Å². The van der Waals surface area contributed by atoms with Gasteiger partial charge in [-0.3, -0.25) is 4.39 Å². The Labute approximate surface area is 95.1 Å². The highest BCUT2D eigenvalue weighted by atomic mass is 19.1. The minimum atomic E-state index is -0.385. The second kappa shape index (κ2) is 6.86. The molecule has 1 aromatic rings. The Morgan fingerprint density at radius 1 is 1.44 bits per heavy atom. The van der Waals surface area contributed by atoms with Crippen molar-refractivity contribution in [3.63, 3.8) is 0 Å². The van der Waals surface area contributed by atoms with E-state index in [1.807, 2.05) is 25.1 Å². The minimum absolute atomic E-state index is 0.183. The number of aliphatic hydroxyl groups is 1. The van der Waals surface area contributed by atoms with Gasteiger partial charge in [-0.25, -0.2) is 0 Å². The first-order valence-corrected chi connectivity index (χ1v) is 5.17. The van der Waals surface area contributed by atoms with E-state index in [9.17, 15) is 4.39 Å². The third-order valence-electron chi connectivity index (χ3n) is 1.97. The molecule has 1 aromatic carbocycles. The Kier molecular flexibility index (Phi) is 5.38. The number of benzene rings is 1. The van der Waals surface area contributed by atoms with Crippen molar-refractivity contribution < 1.29 is 14.2 Å². The lowest BCUT2D eigenvalue weighted by molar-refractivity contribution is 0.289. The maximum atomic E-state index is 11.9. The van der Waals surface area contributed by atoms with Crippen molar-refractivity contribution in [2.45, 2.75) is 13.3 Å². The quantitative estimate of drug-likeness (QED) is 0.624. The van der Waals surface area contributed by atoms with Gasteiger partial charge in [-0.1, -0.05) is 17.9 Å². The van der Waals surface area contributed by atoms with Crippen molar-refractivity contribution in [1.82, 2.24) is 0 Å². The number of aryl methyl sites for hydroxylation is 1. The third kappa shape index (κ3) is 3.92. The van der Waals surface area contributed by atoms with Gasteiger partial charge in [0, 0.05) is 6.42 Å². The van der Waals surface area contributed by atoms with E-state index in [1.165, 1.54) is 0 Å². The maximum Gasteiger partial charge on any atom is 0.134 e. The molecule has 16 heavy (non-hydrogen) atoms. The summed E-state index contributed by atoms with van der Waals surface area (Å²) >= 11 is 0.